The van der Waals surface area contributed by atoms with Crippen molar-refractivity contribution in [1.29, 1.82) is 0 Å². The summed E-state index contributed by atoms with van der Waals surface area (Å²) in [4.78, 5) is 10.8. The number of benzene rings is 9. The van der Waals surface area contributed by atoms with E-state index < -0.39 is 0 Å². The smallest absolute Gasteiger partial charge is 0.148 e. The molecule has 9 aromatic carbocycles. The molecule has 3 aromatic heterocycles. The molecule has 0 atom stereocenters. The number of hydrogen-bond acceptors (Lipinski definition) is 3. The van der Waals surface area contributed by atoms with Crippen molar-refractivity contribution >= 4 is 43.6 Å². The largest absolute Gasteiger partial charge is 0.507 e. The van der Waals surface area contributed by atoms with Gasteiger partial charge in [-0.1, -0.05) is 224 Å². The zero-order valence-corrected chi connectivity index (χ0v) is 53.7. The first-order chi connectivity index (χ1) is 39.2. The normalized spacial score (nSPS) is 12.7. The minimum Gasteiger partial charge on any atom is -0.507 e. The summed E-state index contributed by atoms with van der Waals surface area (Å²) in [7, 11) is 0. The summed E-state index contributed by atoms with van der Waals surface area (Å²) in [5, 5.41) is 17.6. The molecule has 0 unspecified atom stereocenters. The Balaban J connectivity index is 0.00000736. The number of phenolic OH excluding ortho intramolecular Hbond substituents is 1. The maximum Gasteiger partial charge on any atom is 0.148 e. The predicted octanol–water partition coefficient (Wildman–Crippen LogP) is 21.0. The van der Waals surface area contributed by atoms with Crippen molar-refractivity contribution in [3.63, 3.8) is 0 Å². The van der Waals surface area contributed by atoms with Crippen LogP contribution in [0.4, 0.5) is 0 Å². The molecule has 0 aliphatic heterocycles. The number of pyridine rings is 1. The number of fused-ring (bicyclic) bond motifs is 5. The average Bonchev–Trinajstić information content (AvgIpc) is 3.13. The molecule has 426 valence electrons. The topological polar surface area (TPSA) is 55.9 Å². The van der Waals surface area contributed by atoms with Gasteiger partial charge in [0.2, 0.25) is 0 Å². The zero-order chi connectivity index (χ0) is 58.7. The van der Waals surface area contributed by atoms with Gasteiger partial charge in [0, 0.05) is 60.7 Å². The van der Waals surface area contributed by atoms with Crippen molar-refractivity contribution < 1.29 is 26.2 Å². The summed E-state index contributed by atoms with van der Waals surface area (Å²) < 4.78 is 4.70. The summed E-state index contributed by atoms with van der Waals surface area (Å²) in [6.07, 6.45) is 1.92. The van der Waals surface area contributed by atoms with E-state index in [2.05, 4.69) is 295 Å². The Hall–Kier alpha value is -7.85. The Morgan fingerprint density at radius 1 is 0.417 bits per heavy atom. The molecule has 12 aromatic rings. The van der Waals surface area contributed by atoms with E-state index in [1.54, 1.807) is 0 Å². The maximum atomic E-state index is 12.8. The Labute approximate surface area is 511 Å². The van der Waals surface area contributed by atoms with Crippen LogP contribution in [0.15, 0.2) is 188 Å². The number of imidazole rings is 1. The monoisotopic (exact) mass is 1280 g/mol. The van der Waals surface area contributed by atoms with Crippen molar-refractivity contribution in [2.75, 3.05) is 0 Å². The molecule has 0 radical (unpaired) electrons. The quantitative estimate of drug-likeness (QED) is 0.162. The van der Waals surface area contributed by atoms with E-state index in [0.29, 0.717) is 11.4 Å². The second kappa shape index (κ2) is 21.0. The summed E-state index contributed by atoms with van der Waals surface area (Å²) in [5.41, 5.74) is 20.2. The fourth-order valence-corrected chi connectivity index (χ4v) is 12.1. The van der Waals surface area contributed by atoms with E-state index in [1.165, 1.54) is 49.3 Å². The molecule has 0 fully saturated rings. The summed E-state index contributed by atoms with van der Waals surface area (Å²) in [5.74, 6) is 0.834. The van der Waals surface area contributed by atoms with E-state index in [9.17, 15) is 5.11 Å². The molecule has 0 saturated heterocycles. The Bertz CT molecular complexity index is 4490. The SMILES string of the molecule is CC(C)(C)c1cc(-n2c(-c3ccc(-c4c(C(C)(C)C)ccc5cc(C(C)(C)C)ccc45)cc3O)nc3c(-c4[c-]c(-c5cc(-c6cccc7c8ccccc8n(-c8ccccc8)c67)ccn5)ccc4)cc(C(C)(C)C)cc32)cc(C(C)(C)C)c1.[Pt]. The third-order valence-corrected chi connectivity index (χ3v) is 16.9. The molecular formula is C78H77N4OPt-. The molecule has 12 rings (SSSR count). The fourth-order valence-electron chi connectivity index (χ4n) is 12.1. The minimum atomic E-state index is -0.237. The number of phenols is 1. The van der Waals surface area contributed by atoms with Crippen LogP contribution in [-0.4, -0.2) is 24.2 Å². The van der Waals surface area contributed by atoms with Gasteiger partial charge in [-0.3, -0.25) is 9.55 Å². The number of rotatable bonds is 7. The van der Waals surface area contributed by atoms with E-state index in [0.717, 1.165) is 78.1 Å². The van der Waals surface area contributed by atoms with Gasteiger partial charge >= 0.3 is 0 Å². The van der Waals surface area contributed by atoms with Crippen molar-refractivity contribution in [1.82, 2.24) is 19.1 Å². The Morgan fingerprint density at radius 2 is 1.06 bits per heavy atom. The van der Waals surface area contributed by atoms with Gasteiger partial charge in [-0.2, -0.15) is 0 Å². The van der Waals surface area contributed by atoms with Gasteiger partial charge in [-0.05, 0) is 137 Å². The molecule has 0 bridgehead atoms. The van der Waals surface area contributed by atoms with E-state index in [4.69, 9.17) is 9.97 Å². The maximum absolute atomic E-state index is 12.8. The third-order valence-electron chi connectivity index (χ3n) is 16.9. The van der Waals surface area contributed by atoms with Crippen LogP contribution in [0.3, 0.4) is 0 Å². The summed E-state index contributed by atoms with van der Waals surface area (Å²) in [6, 6.07) is 69.9. The fraction of sp³-hybridized carbons (Fsp3) is 0.256. The summed E-state index contributed by atoms with van der Waals surface area (Å²) >= 11 is 0. The second-order valence-corrected chi connectivity index (χ2v) is 28.1. The van der Waals surface area contributed by atoms with Crippen LogP contribution in [-0.2, 0) is 48.1 Å². The van der Waals surface area contributed by atoms with Crippen molar-refractivity contribution in [3.05, 3.63) is 222 Å². The van der Waals surface area contributed by atoms with Gasteiger partial charge in [0.15, 0.2) is 0 Å². The molecule has 0 aliphatic carbocycles. The molecule has 0 saturated carbocycles. The Morgan fingerprint density at radius 3 is 1.74 bits per heavy atom. The van der Waals surface area contributed by atoms with Crippen LogP contribution >= 0.6 is 0 Å². The Kier molecular flexibility index (Phi) is 14.5. The predicted molar refractivity (Wildman–Crippen MR) is 352 cm³/mol. The second-order valence-electron chi connectivity index (χ2n) is 28.1. The number of para-hydroxylation sites is 3. The molecule has 0 spiro atoms. The first-order valence-corrected chi connectivity index (χ1v) is 29.4. The standard InChI is InChI=1S/C78H77N4O.Pt/c1-74(2,3)53-33-35-59-49(40-53)32-36-65(78(13,14)15)70(59)52-31-34-63(69(83)42-52)73-80-71-64(46-56(77(10,11)12)47-68(71)82(73)58-44-54(75(4,5)6)43-55(45-58)76(7,8)9)48-23-21-24-51(39-48)66-41-50(37-38-79-66)60-28-22-29-62-61-27-19-20-30-67(61)81(72(60)62)57-25-17-16-18-26-57;/h16-38,40-47,83H,1-15H3;/q-1;. The van der Waals surface area contributed by atoms with Crippen LogP contribution in [0.5, 0.6) is 5.75 Å². The minimum absolute atomic E-state index is 0. The van der Waals surface area contributed by atoms with E-state index >= 15 is 0 Å². The van der Waals surface area contributed by atoms with Gasteiger partial charge in [0.25, 0.3) is 0 Å². The van der Waals surface area contributed by atoms with Gasteiger partial charge in [0.1, 0.15) is 11.6 Å². The van der Waals surface area contributed by atoms with Crippen LogP contribution in [0, 0.1) is 6.07 Å². The number of hydrogen-bond donors (Lipinski definition) is 1. The molecule has 0 amide bonds. The van der Waals surface area contributed by atoms with Gasteiger partial charge in [-0.15, -0.1) is 29.8 Å². The van der Waals surface area contributed by atoms with Crippen molar-refractivity contribution in [2.45, 2.75) is 131 Å². The number of aromatic hydroxyl groups is 1. The molecule has 84 heavy (non-hydrogen) atoms. The van der Waals surface area contributed by atoms with Gasteiger partial charge < -0.3 is 9.67 Å². The molecule has 5 nitrogen and oxygen atoms in total. The van der Waals surface area contributed by atoms with Crippen molar-refractivity contribution in [3.8, 4) is 73.2 Å². The summed E-state index contributed by atoms with van der Waals surface area (Å²) in [6.45, 7) is 34.1. The van der Waals surface area contributed by atoms with E-state index in [-0.39, 0.29) is 53.9 Å². The van der Waals surface area contributed by atoms with Crippen molar-refractivity contribution in [2.24, 2.45) is 0 Å². The van der Waals surface area contributed by atoms with Crippen LogP contribution in [0.2, 0.25) is 0 Å². The third kappa shape index (κ3) is 10.5. The van der Waals surface area contributed by atoms with E-state index in [1.807, 2.05) is 12.3 Å². The van der Waals surface area contributed by atoms with Crippen LogP contribution in [0.25, 0.3) is 111 Å². The average molecular weight is 1280 g/mol. The number of nitrogens with zero attached hydrogens (tertiary/aromatic N) is 4. The zero-order valence-electron chi connectivity index (χ0n) is 51.5. The van der Waals surface area contributed by atoms with Crippen LogP contribution < -0.4 is 0 Å². The van der Waals surface area contributed by atoms with Gasteiger partial charge in [0.05, 0.1) is 27.6 Å². The molecule has 3 heterocycles. The van der Waals surface area contributed by atoms with Crippen LogP contribution in [0.1, 0.15) is 132 Å². The molecule has 0 aliphatic rings. The van der Waals surface area contributed by atoms with Gasteiger partial charge in [-0.25, -0.2) is 4.98 Å². The first-order valence-electron chi connectivity index (χ1n) is 29.4. The molecule has 1 N–H and O–H groups in total. The first kappa shape index (κ1) is 57.9. The number of aromatic nitrogens is 4. The molecular weight excluding hydrogens is 1200 g/mol. The molecule has 6 heteroatoms.